The van der Waals surface area contributed by atoms with Gasteiger partial charge in [0.25, 0.3) is 5.91 Å². The van der Waals surface area contributed by atoms with Crippen molar-refractivity contribution >= 4 is 17.7 Å². The summed E-state index contributed by atoms with van der Waals surface area (Å²) in [4.78, 5) is 27.5. The molecule has 4 rings (SSSR count). The quantitative estimate of drug-likeness (QED) is 0.310. The lowest BCUT2D eigenvalue weighted by Gasteiger charge is -2.15. The number of hydrogen-bond acceptors (Lipinski definition) is 4. The van der Waals surface area contributed by atoms with Crippen molar-refractivity contribution < 1.29 is 14.3 Å². The van der Waals surface area contributed by atoms with Crippen LogP contribution in [-0.4, -0.2) is 26.1 Å². The van der Waals surface area contributed by atoms with Gasteiger partial charge >= 0.3 is 6.09 Å². The molecule has 6 nitrogen and oxygen atoms in total. The van der Waals surface area contributed by atoms with Crippen LogP contribution in [0.5, 0.6) is 0 Å². The molecule has 0 spiro atoms. The van der Waals surface area contributed by atoms with E-state index in [0.717, 1.165) is 33.5 Å². The van der Waals surface area contributed by atoms with Crippen molar-refractivity contribution in [3.8, 4) is 11.1 Å². The smallest absolute Gasteiger partial charge is 0.407 e. The Morgan fingerprint density at radius 1 is 0.676 bits per heavy atom. The molecular formula is C31H31N3O3. The van der Waals surface area contributed by atoms with Crippen LogP contribution < -0.4 is 15.5 Å². The zero-order valence-electron chi connectivity index (χ0n) is 21.1. The highest BCUT2D eigenvalue weighted by atomic mass is 16.5. The van der Waals surface area contributed by atoms with E-state index in [1.807, 2.05) is 122 Å². The average molecular weight is 494 g/mol. The number of anilines is 1. The van der Waals surface area contributed by atoms with Crippen LogP contribution in [0.1, 0.15) is 27.0 Å². The summed E-state index contributed by atoms with van der Waals surface area (Å²) in [6.45, 7) is 0.907. The molecule has 0 aliphatic heterocycles. The molecule has 0 aliphatic carbocycles. The summed E-state index contributed by atoms with van der Waals surface area (Å²) in [5, 5.41) is 5.86. The van der Waals surface area contributed by atoms with Gasteiger partial charge in [0.15, 0.2) is 0 Å². The van der Waals surface area contributed by atoms with Gasteiger partial charge in [0.2, 0.25) is 0 Å². The van der Waals surface area contributed by atoms with Crippen molar-refractivity contribution in [2.75, 3.05) is 19.0 Å². The lowest BCUT2D eigenvalue weighted by molar-refractivity contribution is 0.0951. The Morgan fingerprint density at radius 3 is 2.05 bits per heavy atom. The maximum absolute atomic E-state index is 13.2. The van der Waals surface area contributed by atoms with Crippen LogP contribution in [0, 0.1) is 0 Å². The monoisotopic (exact) mass is 493 g/mol. The second-order valence-corrected chi connectivity index (χ2v) is 8.86. The van der Waals surface area contributed by atoms with Crippen molar-refractivity contribution in [2.45, 2.75) is 19.7 Å². The first-order valence-electron chi connectivity index (χ1n) is 12.2. The third-order valence-corrected chi connectivity index (χ3v) is 6.02. The lowest BCUT2D eigenvalue weighted by atomic mass is 9.95. The Morgan fingerprint density at radius 2 is 1.32 bits per heavy atom. The summed E-state index contributed by atoms with van der Waals surface area (Å²) in [5.74, 6) is -0.155. The van der Waals surface area contributed by atoms with Gasteiger partial charge in [0, 0.05) is 38.4 Å². The van der Waals surface area contributed by atoms with Gasteiger partial charge in [0.1, 0.15) is 6.61 Å². The zero-order chi connectivity index (χ0) is 26.0. The van der Waals surface area contributed by atoms with Crippen LogP contribution in [0.15, 0.2) is 103 Å². The first-order valence-corrected chi connectivity index (χ1v) is 12.2. The van der Waals surface area contributed by atoms with E-state index >= 15 is 0 Å². The van der Waals surface area contributed by atoms with Gasteiger partial charge in [-0.1, -0.05) is 84.9 Å². The lowest BCUT2D eigenvalue weighted by Crippen LogP contribution is -2.25. The van der Waals surface area contributed by atoms with E-state index in [-0.39, 0.29) is 19.1 Å². The first-order chi connectivity index (χ1) is 18.0. The number of amides is 2. The second-order valence-electron chi connectivity index (χ2n) is 8.86. The Hall–Kier alpha value is -4.58. The molecule has 0 saturated carbocycles. The third kappa shape index (κ3) is 6.98. The molecule has 37 heavy (non-hydrogen) atoms. The molecule has 6 heteroatoms. The summed E-state index contributed by atoms with van der Waals surface area (Å²) >= 11 is 0. The number of nitrogens with zero attached hydrogens (tertiary/aromatic N) is 1. The van der Waals surface area contributed by atoms with E-state index < -0.39 is 6.09 Å². The molecule has 0 atom stereocenters. The molecule has 4 aromatic rings. The molecule has 0 fully saturated rings. The van der Waals surface area contributed by atoms with Crippen LogP contribution in [0.4, 0.5) is 10.5 Å². The highest BCUT2D eigenvalue weighted by molar-refractivity contribution is 6.01. The number of benzene rings is 4. The van der Waals surface area contributed by atoms with Gasteiger partial charge in [-0.15, -0.1) is 0 Å². The molecular weight excluding hydrogens is 462 g/mol. The summed E-state index contributed by atoms with van der Waals surface area (Å²) in [7, 11) is 3.99. The van der Waals surface area contributed by atoms with Crippen molar-refractivity contribution in [1.82, 2.24) is 10.6 Å². The molecule has 188 valence electrons. The van der Waals surface area contributed by atoms with Gasteiger partial charge in [-0.2, -0.15) is 0 Å². The van der Waals surface area contributed by atoms with Gasteiger partial charge in [-0.05, 0) is 46.0 Å². The molecule has 2 amide bonds. The highest BCUT2D eigenvalue weighted by Gasteiger charge is 2.15. The van der Waals surface area contributed by atoms with Crippen LogP contribution in [0.25, 0.3) is 11.1 Å². The molecule has 2 N–H and O–H groups in total. The molecule has 0 radical (unpaired) electrons. The topological polar surface area (TPSA) is 70.7 Å². The minimum atomic E-state index is -0.495. The van der Waals surface area contributed by atoms with Gasteiger partial charge in [0.05, 0.1) is 0 Å². The fourth-order valence-corrected chi connectivity index (χ4v) is 3.98. The Balaban J connectivity index is 1.43. The van der Waals surface area contributed by atoms with Gasteiger partial charge in [-0.3, -0.25) is 4.79 Å². The Kier molecular flexibility index (Phi) is 8.55. The number of hydrogen-bond donors (Lipinski definition) is 2. The summed E-state index contributed by atoms with van der Waals surface area (Å²) in [6, 6.07) is 32.9. The van der Waals surface area contributed by atoms with Crippen molar-refractivity contribution in [1.29, 1.82) is 0 Å². The molecule has 4 aromatic carbocycles. The predicted octanol–water partition coefficient (Wildman–Crippen LogP) is 5.78. The van der Waals surface area contributed by atoms with Crippen molar-refractivity contribution in [2.24, 2.45) is 0 Å². The van der Waals surface area contributed by atoms with Crippen molar-refractivity contribution in [3.05, 3.63) is 125 Å². The number of ether oxygens (including phenoxy) is 1. The maximum Gasteiger partial charge on any atom is 0.407 e. The summed E-state index contributed by atoms with van der Waals surface area (Å²) in [5.41, 5.74) is 6.20. The van der Waals surface area contributed by atoms with E-state index in [9.17, 15) is 9.59 Å². The van der Waals surface area contributed by atoms with E-state index in [2.05, 4.69) is 10.6 Å². The summed E-state index contributed by atoms with van der Waals surface area (Å²) in [6.07, 6.45) is -0.495. The van der Waals surface area contributed by atoms with Crippen molar-refractivity contribution in [3.63, 3.8) is 0 Å². The number of alkyl carbamates (subject to hydrolysis) is 1. The summed E-state index contributed by atoms with van der Waals surface area (Å²) < 4.78 is 5.33. The molecule has 0 bridgehead atoms. The van der Waals surface area contributed by atoms with Gasteiger partial charge < -0.3 is 20.3 Å². The average Bonchev–Trinajstić information content (AvgIpc) is 2.94. The molecule has 0 heterocycles. The van der Waals surface area contributed by atoms with Crippen LogP contribution in [0.2, 0.25) is 0 Å². The first kappa shape index (κ1) is 25.5. The number of carbonyl (C=O) groups excluding carboxylic acids is 2. The zero-order valence-corrected chi connectivity index (χ0v) is 21.1. The molecule has 0 unspecified atom stereocenters. The number of carbonyl (C=O) groups is 2. The fourth-order valence-electron chi connectivity index (χ4n) is 3.98. The molecule has 0 aromatic heterocycles. The minimum Gasteiger partial charge on any atom is -0.445 e. The fraction of sp³-hybridized carbons (Fsp3) is 0.161. The van der Waals surface area contributed by atoms with E-state index in [1.54, 1.807) is 0 Å². The largest absolute Gasteiger partial charge is 0.445 e. The second kappa shape index (κ2) is 12.4. The van der Waals surface area contributed by atoms with E-state index in [1.165, 1.54) is 0 Å². The third-order valence-electron chi connectivity index (χ3n) is 6.02. The van der Waals surface area contributed by atoms with Crippen LogP contribution in [-0.2, 0) is 24.4 Å². The normalized spacial score (nSPS) is 10.4. The van der Waals surface area contributed by atoms with E-state index in [0.29, 0.717) is 12.1 Å². The predicted molar refractivity (Wildman–Crippen MR) is 147 cm³/mol. The number of rotatable bonds is 9. The molecule has 0 aliphatic rings. The van der Waals surface area contributed by atoms with Crippen LogP contribution >= 0.6 is 0 Å². The Bertz CT molecular complexity index is 1340. The highest BCUT2D eigenvalue weighted by Crippen LogP contribution is 2.27. The SMILES string of the molecule is CN(C)c1ccc(CNC(=O)c2ccccc2-c2ccccc2CNC(=O)OCc2ccccc2)cc1. The van der Waals surface area contributed by atoms with Gasteiger partial charge in [-0.25, -0.2) is 4.79 Å². The molecule has 0 saturated heterocycles. The number of nitrogens with one attached hydrogen (secondary N) is 2. The van der Waals surface area contributed by atoms with E-state index in [4.69, 9.17) is 4.74 Å². The maximum atomic E-state index is 13.2. The van der Waals surface area contributed by atoms with Crippen LogP contribution in [0.3, 0.4) is 0 Å². The standard InChI is InChI=1S/C31H31N3O3/c1-34(2)26-18-16-23(17-19-26)20-32-30(35)29-15-9-8-14-28(29)27-13-7-6-12-25(27)21-33-31(36)37-22-24-10-4-3-5-11-24/h3-19H,20-22H2,1-2H3,(H,32,35)(H,33,36). The Labute approximate surface area is 217 Å². The minimum absolute atomic E-state index is 0.155.